The molecule has 0 amide bonds. The van der Waals surface area contributed by atoms with Gasteiger partial charge in [-0.05, 0) is 13.0 Å². The van der Waals surface area contributed by atoms with Crippen molar-refractivity contribution in [3.8, 4) is 11.8 Å². The summed E-state index contributed by atoms with van der Waals surface area (Å²) in [6, 6.07) is 7.22. The van der Waals surface area contributed by atoms with Crippen molar-refractivity contribution in [2.75, 3.05) is 0 Å². The number of carbonyl (C=O) groups excluding carboxylic acids is 1. The summed E-state index contributed by atoms with van der Waals surface area (Å²) in [5.41, 5.74) is 1.42. The number of rotatable bonds is 2. The van der Waals surface area contributed by atoms with Gasteiger partial charge in [0.25, 0.3) is 0 Å². The number of hydrogen-bond acceptors (Lipinski definition) is 4. The van der Waals surface area contributed by atoms with Crippen LogP contribution in [0.5, 0.6) is 0 Å². The second kappa shape index (κ2) is 6.33. The Kier molecular flexibility index (Phi) is 4.77. The van der Waals surface area contributed by atoms with Crippen LogP contribution in [0.15, 0.2) is 29.4 Å². The number of hydrogen-bond donors (Lipinski definition) is 1. The highest BCUT2D eigenvalue weighted by Crippen LogP contribution is 2.04. The smallest absolute Gasteiger partial charge is 0.303 e. The molecule has 0 saturated heterocycles. The van der Waals surface area contributed by atoms with Gasteiger partial charge in [-0.1, -0.05) is 35.2 Å². The lowest BCUT2D eigenvalue weighted by Crippen LogP contribution is -2.09. The number of benzene rings is 1. The lowest BCUT2D eigenvalue weighted by molar-refractivity contribution is -0.143. The number of esters is 1. The van der Waals surface area contributed by atoms with Gasteiger partial charge in [0.1, 0.15) is 0 Å². The van der Waals surface area contributed by atoms with E-state index in [1.807, 2.05) is 12.1 Å². The first kappa shape index (κ1) is 12.8. The van der Waals surface area contributed by atoms with E-state index in [1.54, 1.807) is 19.1 Å². The van der Waals surface area contributed by atoms with Gasteiger partial charge < -0.3 is 9.94 Å². The van der Waals surface area contributed by atoms with Crippen molar-refractivity contribution in [1.82, 2.24) is 0 Å². The minimum Gasteiger partial charge on any atom is -0.450 e. The molecule has 0 aliphatic carbocycles. The molecule has 0 aliphatic rings. The lowest BCUT2D eigenvalue weighted by Gasteiger charge is -2.03. The zero-order valence-corrected chi connectivity index (χ0v) is 9.68. The van der Waals surface area contributed by atoms with Gasteiger partial charge in [-0.3, -0.25) is 4.79 Å². The quantitative estimate of drug-likeness (QED) is 0.277. The van der Waals surface area contributed by atoms with E-state index in [0.717, 1.165) is 0 Å². The molecule has 0 aliphatic heterocycles. The van der Waals surface area contributed by atoms with Gasteiger partial charge in [-0.15, -0.1) is 0 Å². The van der Waals surface area contributed by atoms with E-state index in [4.69, 9.17) is 9.94 Å². The molecular formula is C13H13NO3. The lowest BCUT2D eigenvalue weighted by atomic mass is 10.1. The summed E-state index contributed by atoms with van der Waals surface area (Å²) < 4.78 is 4.88. The highest BCUT2D eigenvalue weighted by molar-refractivity contribution is 5.83. The fourth-order valence-electron chi connectivity index (χ4n) is 1.24. The zero-order valence-electron chi connectivity index (χ0n) is 9.68. The van der Waals surface area contributed by atoms with Crippen molar-refractivity contribution < 1.29 is 14.7 Å². The third-order valence-corrected chi connectivity index (χ3v) is 1.91. The van der Waals surface area contributed by atoms with Crippen LogP contribution in [-0.4, -0.2) is 23.5 Å². The van der Waals surface area contributed by atoms with Gasteiger partial charge in [0, 0.05) is 18.1 Å². The van der Waals surface area contributed by atoms with E-state index in [0.29, 0.717) is 11.1 Å². The van der Waals surface area contributed by atoms with Crippen LogP contribution in [0.4, 0.5) is 0 Å². The van der Waals surface area contributed by atoms with Crippen LogP contribution in [0.1, 0.15) is 25.0 Å². The molecule has 0 fully saturated rings. The average molecular weight is 231 g/mol. The van der Waals surface area contributed by atoms with Crippen LogP contribution in [0.25, 0.3) is 0 Å². The summed E-state index contributed by atoms with van der Waals surface area (Å²) >= 11 is 0. The Hall–Kier alpha value is -2.28. The molecule has 0 aromatic heterocycles. The van der Waals surface area contributed by atoms with Crippen molar-refractivity contribution >= 4 is 12.2 Å². The molecule has 1 rings (SSSR count). The highest BCUT2D eigenvalue weighted by Gasteiger charge is 2.00. The third-order valence-electron chi connectivity index (χ3n) is 1.91. The van der Waals surface area contributed by atoms with Gasteiger partial charge in [-0.25, -0.2) is 0 Å². The standard InChI is InChI=1S/C13H13NO3/c1-10(17-11(2)15)7-8-12-5-3-4-6-13(12)9-14-16/h3-6,9-10,16H,1-2H3. The molecule has 1 N–H and O–H groups in total. The molecule has 0 bridgehead atoms. The molecular weight excluding hydrogens is 218 g/mol. The fraction of sp³-hybridized carbons (Fsp3) is 0.231. The molecule has 88 valence electrons. The van der Waals surface area contributed by atoms with Crippen LogP contribution < -0.4 is 0 Å². The molecule has 0 radical (unpaired) electrons. The monoisotopic (exact) mass is 231 g/mol. The van der Waals surface area contributed by atoms with Crippen molar-refractivity contribution in [3.63, 3.8) is 0 Å². The van der Waals surface area contributed by atoms with Crippen LogP contribution in [0, 0.1) is 11.8 Å². The number of nitrogens with zero attached hydrogens (tertiary/aromatic N) is 1. The van der Waals surface area contributed by atoms with E-state index in [2.05, 4.69) is 17.0 Å². The fourth-order valence-corrected chi connectivity index (χ4v) is 1.24. The van der Waals surface area contributed by atoms with Crippen molar-refractivity contribution in [2.24, 2.45) is 5.16 Å². The van der Waals surface area contributed by atoms with E-state index >= 15 is 0 Å². The predicted molar refractivity (Wildman–Crippen MR) is 63.9 cm³/mol. The van der Waals surface area contributed by atoms with Crippen LogP contribution >= 0.6 is 0 Å². The Morgan fingerprint density at radius 3 is 2.88 bits per heavy atom. The second-order valence-electron chi connectivity index (χ2n) is 3.35. The number of carbonyl (C=O) groups is 1. The largest absolute Gasteiger partial charge is 0.450 e. The Morgan fingerprint density at radius 2 is 2.24 bits per heavy atom. The minimum atomic E-state index is -0.466. The molecule has 0 spiro atoms. The van der Waals surface area contributed by atoms with Gasteiger partial charge in [0.15, 0.2) is 6.10 Å². The minimum absolute atomic E-state index is 0.364. The van der Waals surface area contributed by atoms with E-state index < -0.39 is 6.10 Å². The maximum Gasteiger partial charge on any atom is 0.303 e. The Morgan fingerprint density at radius 1 is 1.53 bits per heavy atom. The summed E-state index contributed by atoms with van der Waals surface area (Å²) in [7, 11) is 0. The average Bonchev–Trinajstić information content (AvgIpc) is 2.27. The summed E-state index contributed by atoms with van der Waals surface area (Å²) in [5.74, 6) is 5.30. The first-order chi connectivity index (χ1) is 8.13. The summed E-state index contributed by atoms with van der Waals surface area (Å²) in [6.07, 6.45) is 0.840. The Labute approximate surface area is 99.9 Å². The molecule has 1 atom stereocenters. The molecule has 0 saturated carbocycles. The predicted octanol–water partition coefficient (Wildman–Crippen LogP) is 1.80. The van der Waals surface area contributed by atoms with Gasteiger partial charge in [0.05, 0.1) is 6.21 Å². The van der Waals surface area contributed by atoms with Crippen molar-refractivity contribution in [3.05, 3.63) is 35.4 Å². The molecule has 1 aromatic rings. The molecule has 4 nitrogen and oxygen atoms in total. The van der Waals surface area contributed by atoms with E-state index in [9.17, 15) is 4.79 Å². The number of ether oxygens (including phenoxy) is 1. The molecule has 1 unspecified atom stereocenters. The van der Waals surface area contributed by atoms with Crippen molar-refractivity contribution in [1.29, 1.82) is 0 Å². The molecule has 0 heterocycles. The summed E-state index contributed by atoms with van der Waals surface area (Å²) in [4.78, 5) is 10.7. The van der Waals surface area contributed by atoms with Gasteiger partial charge in [-0.2, -0.15) is 0 Å². The third kappa shape index (κ3) is 4.39. The summed E-state index contributed by atoms with van der Waals surface area (Å²) in [5, 5.41) is 11.5. The van der Waals surface area contributed by atoms with E-state index in [1.165, 1.54) is 13.1 Å². The van der Waals surface area contributed by atoms with Gasteiger partial charge >= 0.3 is 5.97 Å². The normalized spacial score (nSPS) is 11.6. The van der Waals surface area contributed by atoms with Crippen LogP contribution in [0.3, 0.4) is 0 Å². The molecule has 17 heavy (non-hydrogen) atoms. The SMILES string of the molecule is CC(=O)OC(C)C#Cc1ccccc1C=NO. The highest BCUT2D eigenvalue weighted by atomic mass is 16.5. The number of oxime groups is 1. The van der Waals surface area contributed by atoms with E-state index in [-0.39, 0.29) is 5.97 Å². The topological polar surface area (TPSA) is 58.9 Å². The Bertz CT molecular complexity index is 483. The van der Waals surface area contributed by atoms with Crippen LogP contribution in [0.2, 0.25) is 0 Å². The molecule has 4 heteroatoms. The van der Waals surface area contributed by atoms with Gasteiger partial charge in [0.2, 0.25) is 0 Å². The van der Waals surface area contributed by atoms with Crippen molar-refractivity contribution in [2.45, 2.75) is 20.0 Å². The second-order valence-corrected chi connectivity index (χ2v) is 3.35. The maximum atomic E-state index is 10.7. The zero-order chi connectivity index (χ0) is 12.7. The summed E-state index contributed by atoms with van der Waals surface area (Å²) in [6.45, 7) is 3.03. The first-order valence-electron chi connectivity index (χ1n) is 5.08. The molecule has 1 aromatic carbocycles. The Balaban J connectivity index is 2.87. The maximum absolute atomic E-state index is 10.7. The first-order valence-corrected chi connectivity index (χ1v) is 5.08. The van der Waals surface area contributed by atoms with Crippen LogP contribution in [-0.2, 0) is 9.53 Å².